The molecule has 0 saturated carbocycles. The van der Waals surface area contributed by atoms with Gasteiger partial charge in [0.05, 0.1) is 34.7 Å². The Bertz CT molecular complexity index is 3230. The van der Waals surface area contributed by atoms with Crippen LogP contribution in [0.2, 0.25) is 0 Å². The molecule has 0 unspecified atom stereocenters. The number of rotatable bonds is 10. The summed E-state index contributed by atoms with van der Waals surface area (Å²) in [6.07, 6.45) is 4.12. The first-order chi connectivity index (χ1) is 29.7. The number of nitrogens with zero attached hydrogens (tertiary/aromatic N) is 5. The van der Waals surface area contributed by atoms with E-state index in [2.05, 4.69) is 186 Å². The SMILES string of the molecule is C=N/C(=C\C(=NCc1cccc(-c2ccc(-c3nc4ccccc4c4nc5ccccn5c34)cc2)c1)c1cccc(-c2ccccc2)c1)c1cccc(-c2ccccc2)c1. The van der Waals surface area contributed by atoms with Crippen LogP contribution >= 0.6 is 0 Å². The number of fused-ring (bicyclic) bond motifs is 5. The van der Waals surface area contributed by atoms with Crippen LogP contribution in [-0.4, -0.2) is 26.8 Å². The predicted octanol–water partition coefficient (Wildman–Crippen LogP) is 13.4. The maximum atomic E-state index is 5.29. The molecular weight excluding hydrogens is 731 g/mol. The third-order valence-electron chi connectivity index (χ3n) is 11.0. The smallest absolute Gasteiger partial charge is 0.137 e. The van der Waals surface area contributed by atoms with Crippen molar-refractivity contribution < 1.29 is 0 Å². The number of aromatic nitrogens is 3. The number of hydrogen-bond acceptors (Lipinski definition) is 4. The number of imidazole rings is 1. The van der Waals surface area contributed by atoms with Gasteiger partial charge in [-0.05, 0) is 88.1 Å². The number of pyridine rings is 2. The van der Waals surface area contributed by atoms with Crippen LogP contribution in [0.3, 0.4) is 0 Å². The Kier molecular flexibility index (Phi) is 9.74. The van der Waals surface area contributed by atoms with E-state index in [-0.39, 0.29) is 0 Å². The summed E-state index contributed by atoms with van der Waals surface area (Å²) in [6.45, 7) is 4.48. The molecule has 7 aromatic carbocycles. The van der Waals surface area contributed by atoms with Crippen LogP contribution in [0.25, 0.3) is 77.9 Å². The largest absolute Gasteiger partial charge is 0.298 e. The second-order valence-corrected chi connectivity index (χ2v) is 14.8. The lowest BCUT2D eigenvalue weighted by Crippen LogP contribution is -2.01. The fourth-order valence-electron chi connectivity index (χ4n) is 7.95. The van der Waals surface area contributed by atoms with E-state index in [0.717, 1.165) is 100 Å². The minimum Gasteiger partial charge on any atom is -0.298 e. The van der Waals surface area contributed by atoms with Gasteiger partial charge in [-0.3, -0.25) is 14.4 Å². The van der Waals surface area contributed by atoms with Gasteiger partial charge >= 0.3 is 0 Å². The number of allylic oxidation sites excluding steroid dienone is 1. The van der Waals surface area contributed by atoms with E-state index in [1.807, 2.05) is 42.5 Å². The van der Waals surface area contributed by atoms with E-state index in [9.17, 15) is 0 Å². The molecule has 0 fully saturated rings. The highest BCUT2D eigenvalue weighted by Crippen LogP contribution is 2.34. The van der Waals surface area contributed by atoms with Crippen LogP contribution < -0.4 is 0 Å². The molecule has 0 saturated heterocycles. The molecule has 5 nitrogen and oxygen atoms in total. The zero-order valence-electron chi connectivity index (χ0n) is 32.9. The zero-order valence-corrected chi connectivity index (χ0v) is 32.9. The Morgan fingerprint density at radius 2 is 1.10 bits per heavy atom. The van der Waals surface area contributed by atoms with Gasteiger partial charge < -0.3 is 0 Å². The van der Waals surface area contributed by atoms with E-state index in [0.29, 0.717) is 6.54 Å². The van der Waals surface area contributed by atoms with Gasteiger partial charge in [0, 0.05) is 28.3 Å². The molecule has 3 aromatic heterocycles. The third kappa shape index (κ3) is 7.21. The number of benzene rings is 7. The van der Waals surface area contributed by atoms with Crippen molar-refractivity contribution in [3.63, 3.8) is 0 Å². The van der Waals surface area contributed by atoms with E-state index in [4.69, 9.17) is 15.0 Å². The lowest BCUT2D eigenvalue weighted by molar-refractivity contribution is 1.07. The molecule has 0 bridgehead atoms. The molecule has 0 N–H and O–H groups in total. The van der Waals surface area contributed by atoms with Crippen LogP contribution in [0.15, 0.2) is 222 Å². The highest BCUT2D eigenvalue weighted by atomic mass is 15.0. The molecule has 0 spiro atoms. The molecule has 10 aromatic rings. The van der Waals surface area contributed by atoms with Crippen molar-refractivity contribution in [1.29, 1.82) is 0 Å². The summed E-state index contributed by atoms with van der Waals surface area (Å²) in [5, 5.41) is 1.05. The average Bonchev–Trinajstić information content (AvgIpc) is 3.72. The van der Waals surface area contributed by atoms with Crippen LogP contribution in [0.4, 0.5) is 0 Å². The van der Waals surface area contributed by atoms with E-state index in [1.54, 1.807) is 0 Å². The number of aliphatic imine (C=N–C) groups is 2. The van der Waals surface area contributed by atoms with Crippen molar-refractivity contribution in [3.05, 3.63) is 229 Å². The van der Waals surface area contributed by atoms with Gasteiger partial charge in [0.25, 0.3) is 0 Å². The van der Waals surface area contributed by atoms with Gasteiger partial charge in [-0.1, -0.05) is 164 Å². The maximum Gasteiger partial charge on any atom is 0.137 e. The van der Waals surface area contributed by atoms with Gasteiger partial charge in [-0.2, -0.15) is 0 Å². The van der Waals surface area contributed by atoms with Crippen LogP contribution in [0.1, 0.15) is 16.7 Å². The van der Waals surface area contributed by atoms with Crippen LogP contribution in [-0.2, 0) is 6.54 Å². The van der Waals surface area contributed by atoms with E-state index in [1.165, 1.54) is 0 Å². The summed E-state index contributed by atoms with van der Waals surface area (Å²) < 4.78 is 2.14. The highest BCUT2D eigenvalue weighted by Gasteiger charge is 2.16. The van der Waals surface area contributed by atoms with E-state index >= 15 is 0 Å². The van der Waals surface area contributed by atoms with Gasteiger partial charge in [0.2, 0.25) is 0 Å². The highest BCUT2D eigenvalue weighted by molar-refractivity contribution is 6.13. The normalized spacial score (nSPS) is 12.0. The van der Waals surface area contributed by atoms with Crippen molar-refractivity contribution in [2.24, 2.45) is 9.98 Å². The quantitative estimate of drug-likeness (QED) is 0.130. The molecule has 3 heterocycles. The first-order valence-electron chi connectivity index (χ1n) is 20.1. The molecule has 0 aliphatic rings. The molecule has 284 valence electrons. The maximum absolute atomic E-state index is 5.29. The first kappa shape index (κ1) is 36.3. The first-order valence-corrected chi connectivity index (χ1v) is 20.1. The van der Waals surface area contributed by atoms with Gasteiger partial charge in [-0.25, -0.2) is 9.97 Å². The minimum atomic E-state index is 0.481. The Balaban J connectivity index is 0.997. The fraction of sp³-hybridized carbons (Fsp3) is 0.0182. The second kappa shape index (κ2) is 16.1. The molecule has 5 heteroatoms. The summed E-state index contributed by atoms with van der Waals surface area (Å²) in [5.41, 5.74) is 17.2. The Hall–Kier alpha value is -8.02. The van der Waals surface area contributed by atoms with Crippen molar-refractivity contribution in [3.8, 4) is 44.6 Å². The summed E-state index contributed by atoms with van der Waals surface area (Å²) >= 11 is 0. The Labute approximate surface area is 349 Å². The van der Waals surface area contributed by atoms with Gasteiger partial charge in [0.15, 0.2) is 0 Å². The van der Waals surface area contributed by atoms with E-state index < -0.39 is 0 Å². The Morgan fingerprint density at radius 3 is 1.83 bits per heavy atom. The number of para-hydroxylation sites is 1. The minimum absolute atomic E-state index is 0.481. The molecular formula is C55H39N5. The van der Waals surface area contributed by atoms with Crippen LogP contribution in [0, 0.1) is 0 Å². The zero-order chi connectivity index (χ0) is 40.3. The molecule has 0 aliphatic heterocycles. The van der Waals surface area contributed by atoms with Crippen molar-refractivity contribution in [1.82, 2.24) is 14.4 Å². The lowest BCUT2D eigenvalue weighted by Gasteiger charge is -2.11. The third-order valence-corrected chi connectivity index (χ3v) is 11.0. The van der Waals surface area contributed by atoms with Crippen molar-refractivity contribution >= 4 is 45.7 Å². The monoisotopic (exact) mass is 769 g/mol. The molecule has 0 radical (unpaired) electrons. The topological polar surface area (TPSA) is 54.9 Å². The summed E-state index contributed by atoms with van der Waals surface area (Å²) in [5.74, 6) is 0. The molecule has 0 amide bonds. The fourth-order valence-corrected chi connectivity index (χ4v) is 7.95. The predicted molar refractivity (Wildman–Crippen MR) is 250 cm³/mol. The number of hydrogen-bond donors (Lipinski definition) is 0. The van der Waals surface area contributed by atoms with Gasteiger partial charge in [0.1, 0.15) is 11.2 Å². The van der Waals surface area contributed by atoms with Crippen LogP contribution in [0.5, 0.6) is 0 Å². The lowest BCUT2D eigenvalue weighted by atomic mass is 9.98. The molecule has 0 atom stereocenters. The average molecular weight is 770 g/mol. The van der Waals surface area contributed by atoms with Gasteiger partial charge in [-0.15, -0.1) is 0 Å². The second-order valence-electron chi connectivity index (χ2n) is 14.8. The molecule has 10 rings (SSSR count). The molecule has 60 heavy (non-hydrogen) atoms. The van der Waals surface area contributed by atoms with Crippen molar-refractivity contribution in [2.45, 2.75) is 6.54 Å². The summed E-state index contributed by atoms with van der Waals surface area (Å²) in [6, 6.07) is 69.5. The van der Waals surface area contributed by atoms with Crippen molar-refractivity contribution in [2.75, 3.05) is 0 Å². The standard InChI is InChI=1S/C55H39N5/c1-56-50(46-23-13-21-44(34-46)39-16-4-2-5-17-39)36-51(47-24-14-22-45(35-47)40-18-6-3-7-19-40)57-37-38-15-12-20-43(33-38)41-28-30-42(31-29-41)53-55-54(48-25-8-9-26-49(48)58-53)59-52-27-10-11-32-60(52)55/h2-36H,1,37H2/b50-36-,57-51?. The molecule has 0 aliphatic carbocycles. The summed E-state index contributed by atoms with van der Waals surface area (Å²) in [7, 11) is 0. The Morgan fingerprint density at radius 1 is 0.517 bits per heavy atom. The summed E-state index contributed by atoms with van der Waals surface area (Å²) in [4.78, 5) is 20.0.